The Morgan fingerprint density at radius 2 is 2.52 bits per heavy atom. The summed E-state index contributed by atoms with van der Waals surface area (Å²) >= 11 is 1.63. The molecule has 3 heterocycles. The number of thiophene rings is 1. The summed E-state index contributed by atoms with van der Waals surface area (Å²) in [6.45, 7) is 5.06. The van der Waals surface area contributed by atoms with E-state index in [2.05, 4.69) is 27.3 Å². The van der Waals surface area contributed by atoms with E-state index in [1.54, 1.807) is 11.3 Å². The number of carbonyl (C=O) groups is 1. The Kier molecular flexibility index (Phi) is 4.36. The van der Waals surface area contributed by atoms with Crippen molar-refractivity contribution >= 4 is 17.2 Å². The molecule has 1 amide bonds. The second kappa shape index (κ2) is 6.41. The van der Waals surface area contributed by atoms with Gasteiger partial charge in [-0.15, -0.1) is 11.3 Å². The van der Waals surface area contributed by atoms with Crippen LogP contribution in [-0.2, 0) is 0 Å². The number of carbonyl (C=O) groups excluding carboxylic acids is 1. The number of hydrogen-bond donors (Lipinski definition) is 2. The van der Waals surface area contributed by atoms with Crippen LogP contribution in [0.4, 0.5) is 0 Å². The molecule has 0 bridgehead atoms. The Labute approximate surface area is 128 Å². The lowest BCUT2D eigenvalue weighted by molar-refractivity contribution is 0.0936. The van der Waals surface area contributed by atoms with E-state index in [9.17, 15) is 4.79 Å². The molecule has 5 nitrogen and oxygen atoms in total. The quantitative estimate of drug-likeness (QED) is 0.891. The summed E-state index contributed by atoms with van der Waals surface area (Å²) in [5, 5.41) is 12.1. The van der Waals surface area contributed by atoms with E-state index in [0.717, 1.165) is 30.1 Å². The van der Waals surface area contributed by atoms with E-state index in [1.807, 2.05) is 23.6 Å². The molecule has 0 aromatic carbocycles. The summed E-state index contributed by atoms with van der Waals surface area (Å²) in [7, 11) is 0. The number of aromatic amines is 1. The van der Waals surface area contributed by atoms with Gasteiger partial charge < -0.3 is 5.32 Å². The first kappa shape index (κ1) is 14.3. The highest BCUT2D eigenvalue weighted by Crippen LogP contribution is 2.23. The Hall–Kier alpha value is -1.66. The molecule has 0 unspecified atom stereocenters. The van der Waals surface area contributed by atoms with Crippen LogP contribution < -0.4 is 5.32 Å². The zero-order valence-corrected chi connectivity index (χ0v) is 12.9. The SMILES string of the molecule is CCN1CCC[C@@H]1CNC(=O)c1cc(-c2cccs2)[nH]n1. The van der Waals surface area contributed by atoms with Crippen molar-refractivity contribution in [1.29, 1.82) is 0 Å². The summed E-state index contributed by atoms with van der Waals surface area (Å²) in [5.41, 5.74) is 1.35. The number of aromatic nitrogens is 2. The van der Waals surface area contributed by atoms with Gasteiger partial charge in [0.15, 0.2) is 5.69 Å². The van der Waals surface area contributed by atoms with Crippen molar-refractivity contribution in [2.75, 3.05) is 19.6 Å². The molecule has 1 saturated heterocycles. The van der Waals surface area contributed by atoms with Gasteiger partial charge in [0.05, 0.1) is 10.6 Å². The van der Waals surface area contributed by atoms with E-state index in [4.69, 9.17) is 0 Å². The van der Waals surface area contributed by atoms with E-state index in [1.165, 1.54) is 6.42 Å². The van der Waals surface area contributed by atoms with Crippen molar-refractivity contribution in [3.8, 4) is 10.6 Å². The molecular weight excluding hydrogens is 284 g/mol. The predicted molar refractivity (Wildman–Crippen MR) is 84.5 cm³/mol. The maximum absolute atomic E-state index is 12.2. The lowest BCUT2D eigenvalue weighted by Gasteiger charge is -2.22. The van der Waals surface area contributed by atoms with Gasteiger partial charge in [-0.25, -0.2) is 0 Å². The Morgan fingerprint density at radius 3 is 3.29 bits per heavy atom. The number of amides is 1. The van der Waals surface area contributed by atoms with Crippen molar-refractivity contribution in [2.45, 2.75) is 25.8 Å². The first-order valence-corrected chi connectivity index (χ1v) is 8.27. The fourth-order valence-electron chi connectivity index (χ4n) is 2.84. The van der Waals surface area contributed by atoms with Gasteiger partial charge in [0.25, 0.3) is 5.91 Å². The van der Waals surface area contributed by atoms with Crippen LogP contribution in [-0.4, -0.2) is 46.7 Å². The van der Waals surface area contributed by atoms with Crippen LogP contribution in [0.25, 0.3) is 10.6 Å². The van der Waals surface area contributed by atoms with Crippen LogP contribution in [0.5, 0.6) is 0 Å². The lowest BCUT2D eigenvalue weighted by Crippen LogP contribution is -2.40. The van der Waals surface area contributed by atoms with Crippen LogP contribution in [0.1, 0.15) is 30.3 Å². The third-order valence-electron chi connectivity index (χ3n) is 4.00. The Balaban J connectivity index is 1.58. The minimum absolute atomic E-state index is 0.1000. The number of H-pyrrole nitrogens is 1. The van der Waals surface area contributed by atoms with Crippen molar-refractivity contribution < 1.29 is 4.79 Å². The van der Waals surface area contributed by atoms with Crippen molar-refractivity contribution in [3.05, 3.63) is 29.3 Å². The van der Waals surface area contributed by atoms with Crippen LogP contribution in [0.2, 0.25) is 0 Å². The molecule has 0 aliphatic carbocycles. The molecule has 2 N–H and O–H groups in total. The largest absolute Gasteiger partial charge is 0.349 e. The molecule has 2 aromatic heterocycles. The molecule has 1 aliphatic heterocycles. The standard InChI is InChI=1S/C15H20N4OS/c1-2-19-7-3-5-11(19)10-16-15(20)13-9-12(17-18-13)14-6-4-8-21-14/h4,6,8-9,11H,2-3,5,7,10H2,1H3,(H,16,20)(H,17,18)/t11-/m1/s1. The van der Waals surface area contributed by atoms with Crippen molar-refractivity contribution in [2.24, 2.45) is 0 Å². The highest BCUT2D eigenvalue weighted by molar-refractivity contribution is 7.13. The summed E-state index contributed by atoms with van der Waals surface area (Å²) in [5.74, 6) is -0.1000. The van der Waals surface area contributed by atoms with Crippen molar-refractivity contribution in [3.63, 3.8) is 0 Å². The van der Waals surface area contributed by atoms with E-state index in [0.29, 0.717) is 18.3 Å². The number of likely N-dealkylation sites (N-methyl/N-ethyl adjacent to an activating group) is 1. The van der Waals surface area contributed by atoms with Gasteiger partial charge in [-0.1, -0.05) is 13.0 Å². The second-order valence-electron chi connectivity index (χ2n) is 5.28. The molecule has 0 radical (unpaired) electrons. The van der Waals surface area contributed by atoms with E-state index < -0.39 is 0 Å². The maximum Gasteiger partial charge on any atom is 0.271 e. The fourth-order valence-corrected chi connectivity index (χ4v) is 3.53. The molecule has 112 valence electrons. The predicted octanol–water partition coefficient (Wildman–Crippen LogP) is 2.35. The van der Waals surface area contributed by atoms with Gasteiger partial charge in [-0.05, 0) is 43.4 Å². The smallest absolute Gasteiger partial charge is 0.271 e. The summed E-state index contributed by atoms with van der Waals surface area (Å²) < 4.78 is 0. The molecule has 2 aromatic rings. The highest BCUT2D eigenvalue weighted by Gasteiger charge is 2.23. The molecule has 1 atom stereocenters. The van der Waals surface area contributed by atoms with Crippen LogP contribution >= 0.6 is 11.3 Å². The minimum Gasteiger partial charge on any atom is -0.349 e. The van der Waals surface area contributed by atoms with Gasteiger partial charge in [0, 0.05) is 12.6 Å². The fraction of sp³-hybridized carbons (Fsp3) is 0.467. The zero-order chi connectivity index (χ0) is 14.7. The molecule has 0 saturated carbocycles. The number of nitrogens with zero attached hydrogens (tertiary/aromatic N) is 2. The summed E-state index contributed by atoms with van der Waals surface area (Å²) in [6.07, 6.45) is 2.38. The average molecular weight is 304 g/mol. The average Bonchev–Trinajstić information content (AvgIpc) is 3.24. The molecule has 1 fully saturated rings. The van der Waals surface area contributed by atoms with Gasteiger partial charge in [0.2, 0.25) is 0 Å². The third kappa shape index (κ3) is 3.16. The van der Waals surface area contributed by atoms with Gasteiger partial charge in [0.1, 0.15) is 0 Å². The Morgan fingerprint density at radius 1 is 1.62 bits per heavy atom. The minimum atomic E-state index is -0.1000. The number of rotatable bonds is 5. The first-order chi connectivity index (χ1) is 10.3. The topological polar surface area (TPSA) is 61.0 Å². The molecule has 1 aliphatic rings. The highest BCUT2D eigenvalue weighted by atomic mass is 32.1. The van der Waals surface area contributed by atoms with Gasteiger partial charge in [-0.3, -0.25) is 14.8 Å². The summed E-state index contributed by atoms with van der Waals surface area (Å²) in [4.78, 5) is 15.7. The first-order valence-electron chi connectivity index (χ1n) is 7.39. The van der Waals surface area contributed by atoms with Crippen molar-refractivity contribution in [1.82, 2.24) is 20.4 Å². The molecular formula is C15H20N4OS. The van der Waals surface area contributed by atoms with E-state index in [-0.39, 0.29) is 5.91 Å². The third-order valence-corrected chi connectivity index (χ3v) is 4.90. The molecule has 3 rings (SSSR count). The zero-order valence-electron chi connectivity index (χ0n) is 12.1. The number of nitrogens with one attached hydrogen (secondary N) is 2. The number of hydrogen-bond acceptors (Lipinski definition) is 4. The summed E-state index contributed by atoms with van der Waals surface area (Å²) in [6, 6.07) is 6.28. The lowest BCUT2D eigenvalue weighted by atomic mass is 10.2. The number of likely N-dealkylation sites (tertiary alicyclic amines) is 1. The van der Waals surface area contributed by atoms with Crippen LogP contribution in [0, 0.1) is 0 Å². The van der Waals surface area contributed by atoms with E-state index >= 15 is 0 Å². The van der Waals surface area contributed by atoms with Crippen LogP contribution in [0.3, 0.4) is 0 Å². The van der Waals surface area contributed by atoms with Gasteiger partial charge >= 0.3 is 0 Å². The second-order valence-corrected chi connectivity index (χ2v) is 6.23. The van der Waals surface area contributed by atoms with Crippen LogP contribution in [0.15, 0.2) is 23.6 Å². The molecule has 0 spiro atoms. The maximum atomic E-state index is 12.2. The normalized spacial score (nSPS) is 19.0. The molecule has 6 heteroatoms. The monoisotopic (exact) mass is 304 g/mol. The Bertz CT molecular complexity index is 593. The molecule has 21 heavy (non-hydrogen) atoms. The van der Waals surface area contributed by atoms with Gasteiger partial charge in [-0.2, -0.15) is 5.10 Å².